The first kappa shape index (κ1) is 29.3. The van der Waals surface area contributed by atoms with Gasteiger partial charge in [0, 0.05) is 35.5 Å². The predicted molar refractivity (Wildman–Crippen MR) is 144 cm³/mol. The highest BCUT2D eigenvalue weighted by Crippen LogP contribution is 2.33. The van der Waals surface area contributed by atoms with Crippen LogP contribution in [-0.2, 0) is 9.59 Å². The van der Waals surface area contributed by atoms with Crippen LogP contribution in [0.2, 0.25) is 0 Å². The molecule has 3 rings (SSSR count). The highest BCUT2D eigenvalue weighted by molar-refractivity contribution is 7.80. The molecule has 1 amide bonds. The van der Waals surface area contributed by atoms with Crippen molar-refractivity contribution in [1.29, 1.82) is 0 Å². The lowest BCUT2D eigenvalue weighted by molar-refractivity contribution is -0.140. The summed E-state index contributed by atoms with van der Waals surface area (Å²) in [5.41, 5.74) is 0.436. The van der Waals surface area contributed by atoms with Gasteiger partial charge in [0.2, 0.25) is 5.91 Å². The number of aliphatic carboxylic acids is 1. The zero-order valence-electron chi connectivity index (χ0n) is 21.8. The molecule has 0 heterocycles. The van der Waals surface area contributed by atoms with Crippen molar-refractivity contribution >= 4 is 30.2 Å². The number of thiol groups is 1. The monoisotopic (exact) mass is 508 g/mol. The first-order valence-electron chi connectivity index (χ1n) is 13.0. The minimum Gasteiger partial charge on any atom is -0.493 e. The molecule has 0 spiro atoms. The van der Waals surface area contributed by atoms with E-state index in [1.807, 2.05) is 0 Å². The minimum atomic E-state index is -1.09. The number of nitrogens with zero attached hydrogens (tertiary/aromatic N) is 1. The zero-order chi connectivity index (χ0) is 25.8. The lowest BCUT2D eigenvalue weighted by Gasteiger charge is -2.30. The number of carboxylic acid groups (broad SMARTS) is 1. The van der Waals surface area contributed by atoms with Gasteiger partial charge < -0.3 is 19.9 Å². The SMILES string of the molecule is C1CCC(NC2CCCCC2)CC1.COc1ccc(N(C(=O)C(C)CS)C(C)C(=O)O)cc1OC. The molecule has 0 saturated heterocycles. The summed E-state index contributed by atoms with van der Waals surface area (Å²) in [5.74, 6) is -0.544. The van der Waals surface area contributed by atoms with Crippen LogP contribution in [0.15, 0.2) is 18.2 Å². The number of amides is 1. The van der Waals surface area contributed by atoms with E-state index in [9.17, 15) is 14.7 Å². The van der Waals surface area contributed by atoms with E-state index in [0.717, 1.165) is 12.1 Å². The molecule has 7 nitrogen and oxygen atoms in total. The molecule has 2 N–H and O–H groups in total. The van der Waals surface area contributed by atoms with Crippen LogP contribution in [0, 0.1) is 5.92 Å². The normalized spacial score (nSPS) is 18.5. The smallest absolute Gasteiger partial charge is 0.326 e. The van der Waals surface area contributed by atoms with E-state index in [0.29, 0.717) is 22.9 Å². The summed E-state index contributed by atoms with van der Waals surface area (Å²) in [6.45, 7) is 3.17. The molecule has 2 unspecified atom stereocenters. The Kier molecular flexibility index (Phi) is 12.8. The second-order valence-electron chi connectivity index (χ2n) is 9.68. The van der Waals surface area contributed by atoms with Gasteiger partial charge in [0.25, 0.3) is 0 Å². The molecular formula is C27H44N2O5S. The number of rotatable bonds is 9. The van der Waals surface area contributed by atoms with Crippen molar-refractivity contribution in [2.24, 2.45) is 5.92 Å². The number of benzene rings is 1. The molecule has 0 aromatic heterocycles. The summed E-state index contributed by atoms with van der Waals surface area (Å²) >= 11 is 4.11. The van der Waals surface area contributed by atoms with Crippen LogP contribution in [0.3, 0.4) is 0 Å². The molecule has 35 heavy (non-hydrogen) atoms. The second-order valence-corrected chi connectivity index (χ2v) is 10.0. The Morgan fingerprint density at radius 3 is 1.91 bits per heavy atom. The third kappa shape index (κ3) is 8.90. The van der Waals surface area contributed by atoms with Gasteiger partial charge >= 0.3 is 5.97 Å². The van der Waals surface area contributed by atoms with Crippen LogP contribution < -0.4 is 19.7 Å². The van der Waals surface area contributed by atoms with Crippen LogP contribution in [0.1, 0.15) is 78.1 Å². The number of ether oxygens (including phenoxy) is 2. The number of methoxy groups -OCH3 is 2. The van der Waals surface area contributed by atoms with Crippen molar-refractivity contribution in [3.8, 4) is 11.5 Å². The molecular weight excluding hydrogens is 464 g/mol. The van der Waals surface area contributed by atoms with Crippen molar-refractivity contribution < 1.29 is 24.2 Å². The van der Waals surface area contributed by atoms with Gasteiger partial charge in [-0.15, -0.1) is 0 Å². The summed E-state index contributed by atoms with van der Waals surface area (Å²) in [6, 6.07) is 5.58. The topological polar surface area (TPSA) is 88.1 Å². The maximum Gasteiger partial charge on any atom is 0.326 e. The van der Waals surface area contributed by atoms with Crippen molar-refractivity contribution in [2.45, 2.75) is 96.2 Å². The fourth-order valence-electron chi connectivity index (χ4n) is 4.81. The van der Waals surface area contributed by atoms with Gasteiger partial charge in [0.05, 0.1) is 14.2 Å². The summed E-state index contributed by atoms with van der Waals surface area (Å²) in [7, 11) is 2.98. The van der Waals surface area contributed by atoms with Crippen LogP contribution in [0.5, 0.6) is 11.5 Å². The van der Waals surface area contributed by atoms with E-state index in [1.165, 1.54) is 90.3 Å². The number of carboxylic acids is 1. The number of nitrogens with one attached hydrogen (secondary N) is 1. The average molecular weight is 509 g/mol. The highest BCUT2D eigenvalue weighted by Gasteiger charge is 2.30. The molecule has 1 aromatic rings. The molecule has 0 aliphatic heterocycles. The van der Waals surface area contributed by atoms with Crippen LogP contribution in [0.4, 0.5) is 5.69 Å². The number of anilines is 1. The third-order valence-electron chi connectivity index (χ3n) is 7.00. The van der Waals surface area contributed by atoms with Gasteiger partial charge in [0.15, 0.2) is 11.5 Å². The molecule has 0 radical (unpaired) electrons. The standard InChI is InChI=1S/C15H21NO5S.C12H23N/c1-9(8-22)14(17)16(10(2)15(18)19)11-5-6-12(20-3)13(7-11)21-4;1-3-7-11(8-4-1)13-12-9-5-2-6-10-12/h5-7,9-10,22H,8H2,1-4H3,(H,18,19);11-13H,1-10H2. The highest BCUT2D eigenvalue weighted by atomic mass is 32.1. The Morgan fingerprint density at radius 1 is 0.971 bits per heavy atom. The number of carbonyl (C=O) groups is 2. The Bertz CT molecular complexity index is 778. The molecule has 0 bridgehead atoms. The van der Waals surface area contributed by atoms with E-state index in [1.54, 1.807) is 25.1 Å². The van der Waals surface area contributed by atoms with E-state index < -0.39 is 17.9 Å². The molecule has 2 fully saturated rings. The van der Waals surface area contributed by atoms with Crippen molar-refractivity contribution in [2.75, 3.05) is 24.9 Å². The molecule has 2 aliphatic carbocycles. The van der Waals surface area contributed by atoms with E-state index >= 15 is 0 Å². The van der Waals surface area contributed by atoms with Gasteiger partial charge in [-0.1, -0.05) is 45.4 Å². The van der Waals surface area contributed by atoms with Crippen LogP contribution in [0.25, 0.3) is 0 Å². The van der Waals surface area contributed by atoms with Crippen molar-refractivity contribution in [3.05, 3.63) is 18.2 Å². The molecule has 2 saturated carbocycles. The lowest BCUT2D eigenvalue weighted by Crippen LogP contribution is -2.46. The number of hydrogen-bond donors (Lipinski definition) is 3. The maximum atomic E-state index is 12.5. The first-order chi connectivity index (χ1) is 16.8. The second kappa shape index (κ2) is 15.2. The number of hydrogen-bond acceptors (Lipinski definition) is 6. The predicted octanol–water partition coefficient (Wildman–Crippen LogP) is 5.32. The van der Waals surface area contributed by atoms with Crippen molar-refractivity contribution in [1.82, 2.24) is 5.32 Å². The van der Waals surface area contributed by atoms with E-state index in [4.69, 9.17) is 9.47 Å². The summed E-state index contributed by atoms with van der Waals surface area (Å²) in [4.78, 5) is 25.1. The molecule has 2 atom stereocenters. The lowest BCUT2D eigenvalue weighted by atomic mass is 9.91. The van der Waals surface area contributed by atoms with Crippen LogP contribution in [-0.4, -0.2) is 55.1 Å². The largest absolute Gasteiger partial charge is 0.493 e. The first-order valence-corrected chi connectivity index (χ1v) is 13.6. The third-order valence-corrected chi connectivity index (χ3v) is 7.55. The van der Waals surface area contributed by atoms with Gasteiger partial charge in [-0.2, -0.15) is 12.6 Å². The van der Waals surface area contributed by atoms with Crippen LogP contribution >= 0.6 is 12.6 Å². The Morgan fingerprint density at radius 2 is 1.49 bits per heavy atom. The summed E-state index contributed by atoms with van der Waals surface area (Å²) in [6.07, 6.45) is 14.6. The minimum absolute atomic E-state index is 0.308. The molecule has 198 valence electrons. The Hall–Kier alpha value is -1.93. The van der Waals surface area contributed by atoms with Gasteiger partial charge in [-0.05, 0) is 44.7 Å². The zero-order valence-corrected chi connectivity index (χ0v) is 22.7. The number of carbonyl (C=O) groups excluding carboxylic acids is 1. The maximum absolute atomic E-state index is 12.5. The summed E-state index contributed by atoms with van der Waals surface area (Å²) in [5, 5.41) is 13.1. The van der Waals surface area contributed by atoms with E-state index in [2.05, 4.69) is 17.9 Å². The van der Waals surface area contributed by atoms with E-state index in [-0.39, 0.29) is 5.91 Å². The fourth-order valence-corrected chi connectivity index (χ4v) is 4.97. The van der Waals surface area contributed by atoms with Gasteiger partial charge in [-0.25, -0.2) is 4.79 Å². The molecule has 2 aliphatic rings. The quantitative estimate of drug-likeness (QED) is 0.392. The van der Waals surface area contributed by atoms with Gasteiger partial charge in [0.1, 0.15) is 6.04 Å². The fraction of sp³-hybridized carbons (Fsp3) is 0.704. The Labute approximate surface area is 216 Å². The average Bonchev–Trinajstić information content (AvgIpc) is 2.89. The molecule has 1 aromatic carbocycles. The van der Waals surface area contributed by atoms with Gasteiger partial charge in [-0.3, -0.25) is 9.69 Å². The van der Waals surface area contributed by atoms with Crippen molar-refractivity contribution in [3.63, 3.8) is 0 Å². The Balaban J connectivity index is 0.000000279. The molecule has 8 heteroatoms. The summed E-state index contributed by atoms with van der Waals surface area (Å²) < 4.78 is 10.4.